The molecule has 0 aliphatic rings. The van der Waals surface area contributed by atoms with E-state index in [9.17, 15) is 19.7 Å². The van der Waals surface area contributed by atoms with Crippen molar-refractivity contribution >= 4 is 40.2 Å². The minimum Gasteiger partial charge on any atom is -0.493 e. The molecule has 4 rings (SSSR count). The third kappa shape index (κ3) is 6.45. The number of carbonyl (C=O) groups excluding carboxylic acids is 2. The largest absolute Gasteiger partial charge is 0.493 e. The van der Waals surface area contributed by atoms with E-state index >= 15 is 0 Å². The molecule has 0 unspecified atom stereocenters. The Kier molecular flexibility index (Phi) is 7.69. The lowest BCUT2D eigenvalue weighted by Crippen LogP contribution is -2.25. The van der Waals surface area contributed by atoms with Crippen LogP contribution in [-0.2, 0) is 4.79 Å². The maximum Gasteiger partial charge on any atom is 0.343 e. The molecule has 0 heterocycles. The fraction of sp³-hybridized carbons (Fsp3) is 0.0741. The van der Waals surface area contributed by atoms with Crippen molar-refractivity contribution < 1.29 is 24.0 Å². The van der Waals surface area contributed by atoms with Crippen molar-refractivity contribution in [1.82, 2.24) is 5.43 Å². The number of methoxy groups -OCH3 is 1. The van der Waals surface area contributed by atoms with Crippen molar-refractivity contribution in [1.29, 1.82) is 0 Å². The minimum atomic E-state index is -0.694. The van der Waals surface area contributed by atoms with Crippen LogP contribution < -0.4 is 20.2 Å². The number of nitrogens with one attached hydrogen (secondary N) is 2. The number of fused-ring (bicyclic) bond motifs is 1. The van der Waals surface area contributed by atoms with Gasteiger partial charge >= 0.3 is 5.97 Å². The van der Waals surface area contributed by atoms with Crippen molar-refractivity contribution in [2.75, 3.05) is 19.0 Å². The summed E-state index contributed by atoms with van der Waals surface area (Å²) in [6.45, 7) is 0.0382. The fourth-order valence-electron chi connectivity index (χ4n) is 3.43. The molecule has 0 aliphatic carbocycles. The van der Waals surface area contributed by atoms with Crippen molar-refractivity contribution in [2.45, 2.75) is 0 Å². The average Bonchev–Trinajstić information content (AvgIpc) is 2.92. The predicted molar refractivity (Wildman–Crippen MR) is 139 cm³/mol. The van der Waals surface area contributed by atoms with Gasteiger partial charge in [-0.2, -0.15) is 5.10 Å². The molecule has 0 atom stereocenters. The van der Waals surface area contributed by atoms with E-state index in [4.69, 9.17) is 9.47 Å². The Bertz CT molecular complexity index is 1480. The van der Waals surface area contributed by atoms with Gasteiger partial charge in [-0.1, -0.05) is 30.3 Å². The van der Waals surface area contributed by atoms with Crippen molar-refractivity contribution in [3.63, 3.8) is 0 Å². The molecule has 186 valence electrons. The van der Waals surface area contributed by atoms with Gasteiger partial charge in [-0.15, -0.1) is 0 Å². The Morgan fingerprint density at radius 3 is 2.43 bits per heavy atom. The number of carbonyl (C=O) groups is 2. The number of hydrogen-bond acceptors (Lipinski definition) is 8. The van der Waals surface area contributed by atoms with E-state index in [1.165, 1.54) is 43.7 Å². The molecule has 0 saturated heterocycles. The molecule has 0 bridgehead atoms. The molecular formula is C27H22N4O6. The van der Waals surface area contributed by atoms with Gasteiger partial charge in [0.25, 0.3) is 11.6 Å². The van der Waals surface area contributed by atoms with E-state index in [0.29, 0.717) is 5.56 Å². The number of non-ortho nitro benzene ring substituents is 1. The lowest BCUT2D eigenvalue weighted by atomic mass is 10.1. The molecule has 1 amide bonds. The SMILES string of the molecule is COc1cc(C=NNC(=O)CNc2ccc3ccccc3c2)ccc1OC(=O)c1ccc([N+](=O)[O-])cc1. The molecule has 0 aromatic heterocycles. The quantitative estimate of drug-likeness (QED) is 0.114. The molecule has 0 fully saturated rings. The first kappa shape index (κ1) is 24.9. The lowest BCUT2D eigenvalue weighted by Gasteiger charge is -2.10. The molecule has 10 heteroatoms. The summed E-state index contributed by atoms with van der Waals surface area (Å²) in [5, 5.41) is 20.0. The molecule has 10 nitrogen and oxygen atoms in total. The first-order chi connectivity index (χ1) is 17.9. The lowest BCUT2D eigenvalue weighted by molar-refractivity contribution is -0.384. The molecule has 37 heavy (non-hydrogen) atoms. The summed E-state index contributed by atoms with van der Waals surface area (Å²) < 4.78 is 10.7. The van der Waals surface area contributed by atoms with Gasteiger partial charge in [0.15, 0.2) is 11.5 Å². The predicted octanol–water partition coefficient (Wildman–Crippen LogP) is 4.54. The number of nitrogens with zero attached hydrogens (tertiary/aromatic N) is 2. The van der Waals surface area contributed by atoms with Crippen LogP contribution in [-0.4, -0.2) is 36.7 Å². The van der Waals surface area contributed by atoms with Crippen LogP contribution in [0.1, 0.15) is 15.9 Å². The monoisotopic (exact) mass is 498 g/mol. The summed E-state index contributed by atoms with van der Waals surface area (Å²) in [5.41, 5.74) is 3.88. The van der Waals surface area contributed by atoms with Crippen LogP contribution in [0.3, 0.4) is 0 Å². The Morgan fingerprint density at radius 2 is 1.70 bits per heavy atom. The van der Waals surface area contributed by atoms with Crippen LogP contribution in [0.25, 0.3) is 10.8 Å². The van der Waals surface area contributed by atoms with Gasteiger partial charge in [0, 0.05) is 17.8 Å². The number of rotatable bonds is 9. The zero-order valence-corrected chi connectivity index (χ0v) is 19.7. The molecule has 0 spiro atoms. The summed E-state index contributed by atoms with van der Waals surface area (Å²) in [7, 11) is 1.42. The molecule has 0 saturated carbocycles. The zero-order chi connectivity index (χ0) is 26.2. The van der Waals surface area contributed by atoms with Gasteiger partial charge in [0.2, 0.25) is 0 Å². The summed E-state index contributed by atoms with van der Waals surface area (Å²) in [5.74, 6) is -0.596. The maximum atomic E-state index is 12.4. The van der Waals surface area contributed by atoms with Gasteiger partial charge in [-0.3, -0.25) is 14.9 Å². The Morgan fingerprint density at radius 1 is 0.946 bits per heavy atom. The first-order valence-corrected chi connectivity index (χ1v) is 11.1. The third-order valence-electron chi connectivity index (χ3n) is 5.31. The van der Waals surface area contributed by atoms with E-state index in [1.54, 1.807) is 12.1 Å². The van der Waals surface area contributed by atoms with Gasteiger partial charge in [0.05, 0.1) is 30.4 Å². The minimum absolute atomic E-state index is 0.0382. The number of hydrazone groups is 1. The average molecular weight is 498 g/mol. The smallest absolute Gasteiger partial charge is 0.343 e. The summed E-state index contributed by atoms with van der Waals surface area (Å²) in [4.78, 5) is 34.8. The number of nitro groups is 1. The Balaban J connectivity index is 1.32. The highest BCUT2D eigenvalue weighted by Crippen LogP contribution is 2.28. The van der Waals surface area contributed by atoms with Crippen molar-refractivity contribution in [3.8, 4) is 11.5 Å². The van der Waals surface area contributed by atoms with Gasteiger partial charge in [-0.05, 0) is 58.8 Å². The number of benzene rings is 4. The number of ether oxygens (including phenoxy) is 2. The number of anilines is 1. The number of esters is 1. The number of hydrogen-bond donors (Lipinski definition) is 2. The Hall–Kier alpha value is -5.25. The van der Waals surface area contributed by atoms with Gasteiger partial charge in [-0.25, -0.2) is 10.2 Å². The molecule has 4 aromatic carbocycles. The van der Waals surface area contributed by atoms with Gasteiger partial charge < -0.3 is 14.8 Å². The molecule has 2 N–H and O–H groups in total. The molecule has 0 aliphatic heterocycles. The van der Waals surface area contributed by atoms with E-state index in [1.807, 2.05) is 42.5 Å². The van der Waals surface area contributed by atoms with Crippen LogP contribution in [0.4, 0.5) is 11.4 Å². The molecular weight excluding hydrogens is 476 g/mol. The van der Waals surface area contributed by atoms with Crippen LogP contribution in [0.5, 0.6) is 11.5 Å². The van der Waals surface area contributed by atoms with Crippen LogP contribution in [0, 0.1) is 10.1 Å². The van der Waals surface area contributed by atoms with E-state index < -0.39 is 10.9 Å². The van der Waals surface area contributed by atoms with E-state index in [0.717, 1.165) is 16.5 Å². The fourth-order valence-corrected chi connectivity index (χ4v) is 3.43. The van der Waals surface area contributed by atoms with Crippen molar-refractivity contribution in [2.24, 2.45) is 5.10 Å². The zero-order valence-electron chi connectivity index (χ0n) is 19.7. The summed E-state index contributed by atoms with van der Waals surface area (Å²) in [6, 6.07) is 23.6. The number of nitro benzene ring substituents is 1. The summed E-state index contributed by atoms with van der Waals surface area (Å²) >= 11 is 0. The number of amides is 1. The van der Waals surface area contributed by atoms with Crippen molar-refractivity contribution in [3.05, 3.63) is 106 Å². The third-order valence-corrected chi connectivity index (χ3v) is 5.31. The molecule has 0 radical (unpaired) electrons. The second kappa shape index (κ2) is 11.5. The normalized spacial score (nSPS) is 10.7. The standard InChI is InChI=1S/C27H22N4O6/c1-36-25-14-18(6-13-24(25)37-27(33)20-8-11-23(12-9-20)31(34)35)16-29-30-26(32)17-28-22-10-7-19-4-2-3-5-21(19)15-22/h2-16,28H,17H2,1H3,(H,30,32). The summed E-state index contributed by atoms with van der Waals surface area (Å²) in [6.07, 6.45) is 1.43. The van der Waals surface area contributed by atoms with Crippen LogP contribution in [0.2, 0.25) is 0 Å². The Labute approximate surface area is 211 Å². The highest BCUT2D eigenvalue weighted by molar-refractivity contribution is 5.92. The molecule has 4 aromatic rings. The van der Waals surface area contributed by atoms with Crippen LogP contribution in [0.15, 0.2) is 90.0 Å². The van der Waals surface area contributed by atoms with Crippen LogP contribution >= 0.6 is 0 Å². The maximum absolute atomic E-state index is 12.4. The van der Waals surface area contributed by atoms with E-state index in [-0.39, 0.29) is 35.2 Å². The highest BCUT2D eigenvalue weighted by atomic mass is 16.6. The van der Waals surface area contributed by atoms with E-state index in [2.05, 4.69) is 15.8 Å². The van der Waals surface area contributed by atoms with Gasteiger partial charge in [0.1, 0.15) is 0 Å². The highest BCUT2D eigenvalue weighted by Gasteiger charge is 2.14. The topological polar surface area (TPSA) is 132 Å². The second-order valence-corrected chi connectivity index (χ2v) is 7.81. The second-order valence-electron chi connectivity index (χ2n) is 7.81. The first-order valence-electron chi connectivity index (χ1n) is 11.1.